The van der Waals surface area contributed by atoms with E-state index in [-0.39, 0.29) is 0 Å². The molecular formula is C14H23N3. The molecule has 0 saturated carbocycles. The van der Waals surface area contributed by atoms with Gasteiger partial charge in [0.15, 0.2) is 0 Å². The van der Waals surface area contributed by atoms with Crippen molar-refractivity contribution < 1.29 is 0 Å². The summed E-state index contributed by atoms with van der Waals surface area (Å²) < 4.78 is 0. The lowest BCUT2D eigenvalue weighted by molar-refractivity contribution is 0.198. The fourth-order valence-corrected chi connectivity index (χ4v) is 2.59. The second kappa shape index (κ2) is 4.55. The molecule has 0 aromatic carbocycles. The third kappa shape index (κ3) is 2.90. The van der Waals surface area contributed by atoms with Crippen LogP contribution >= 0.6 is 0 Å². The van der Waals surface area contributed by atoms with Gasteiger partial charge in [-0.2, -0.15) is 0 Å². The van der Waals surface area contributed by atoms with Gasteiger partial charge in [0.2, 0.25) is 0 Å². The van der Waals surface area contributed by atoms with Gasteiger partial charge in [-0.3, -0.25) is 0 Å². The fraction of sp³-hybridized carbons (Fsp3) is 0.643. The van der Waals surface area contributed by atoms with E-state index in [1.807, 2.05) is 18.2 Å². The number of nitrogens with two attached hydrogens (primary N) is 1. The second-order valence-electron chi connectivity index (χ2n) is 6.05. The van der Waals surface area contributed by atoms with Gasteiger partial charge >= 0.3 is 0 Å². The Kier molecular flexibility index (Phi) is 3.27. The molecule has 1 aliphatic heterocycles. The second-order valence-corrected chi connectivity index (χ2v) is 6.05. The third-order valence-corrected chi connectivity index (χ3v) is 3.80. The third-order valence-electron chi connectivity index (χ3n) is 3.80. The van der Waals surface area contributed by atoms with Crippen LogP contribution in [0.4, 0.5) is 11.6 Å². The molecule has 2 rings (SSSR count). The number of nitrogen functional groups attached to an aromatic ring is 1. The summed E-state index contributed by atoms with van der Waals surface area (Å²) in [5.74, 6) is 2.46. The van der Waals surface area contributed by atoms with E-state index in [0.717, 1.165) is 24.8 Å². The normalized spacial score (nSPS) is 18.4. The molecule has 3 nitrogen and oxygen atoms in total. The zero-order valence-corrected chi connectivity index (χ0v) is 11.1. The van der Waals surface area contributed by atoms with E-state index in [4.69, 9.17) is 5.73 Å². The molecule has 17 heavy (non-hydrogen) atoms. The van der Waals surface area contributed by atoms with Crippen LogP contribution in [0, 0.1) is 11.3 Å². The smallest absolute Gasteiger partial charge is 0.130 e. The standard InChI is InChI=1S/C14H23N3/c1-14(2,3)11-7-9-17(10-8-11)13-6-4-5-12(15)16-13/h4-6,11H,7-10H2,1-3H3,(H2,15,16). The molecule has 1 fully saturated rings. The fourth-order valence-electron chi connectivity index (χ4n) is 2.59. The maximum Gasteiger partial charge on any atom is 0.130 e. The maximum atomic E-state index is 5.72. The number of hydrogen-bond donors (Lipinski definition) is 1. The number of rotatable bonds is 1. The van der Waals surface area contributed by atoms with Crippen LogP contribution in [-0.4, -0.2) is 18.1 Å². The Labute approximate surface area is 104 Å². The van der Waals surface area contributed by atoms with Crippen molar-refractivity contribution in [3.05, 3.63) is 18.2 Å². The van der Waals surface area contributed by atoms with E-state index in [1.54, 1.807) is 0 Å². The Hall–Kier alpha value is -1.25. The van der Waals surface area contributed by atoms with E-state index in [0.29, 0.717) is 11.2 Å². The van der Waals surface area contributed by atoms with Gasteiger partial charge < -0.3 is 10.6 Å². The Morgan fingerprint density at radius 1 is 1.24 bits per heavy atom. The average molecular weight is 233 g/mol. The maximum absolute atomic E-state index is 5.72. The lowest BCUT2D eigenvalue weighted by Crippen LogP contribution is -2.38. The van der Waals surface area contributed by atoms with Crippen molar-refractivity contribution in [3.63, 3.8) is 0 Å². The van der Waals surface area contributed by atoms with E-state index >= 15 is 0 Å². The van der Waals surface area contributed by atoms with Gasteiger partial charge in [0.1, 0.15) is 11.6 Å². The molecule has 3 heteroatoms. The highest BCUT2D eigenvalue weighted by Crippen LogP contribution is 2.35. The van der Waals surface area contributed by atoms with Gasteiger partial charge in [-0.05, 0) is 36.3 Å². The Morgan fingerprint density at radius 2 is 1.88 bits per heavy atom. The van der Waals surface area contributed by atoms with Gasteiger partial charge in [-0.15, -0.1) is 0 Å². The number of aromatic nitrogens is 1. The largest absolute Gasteiger partial charge is 0.384 e. The summed E-state index contributed by atoms with van der Waals surface area (Å²) in [6.45, 7) is 9.21. The molecule has 2 N–H and O–H groups in total. The summed E-state index contributed by atoms with van der Waals surface area (Å²) in [6.07, 6.45) is 2.50. The number of hydrogen-bond acceptors (Lipinski definition) is 3. The SMILES string of the molecule is CC(C)(C)C1CCN(c2cccc(N)n2)CC1. The number of anilines is 2. The molecule has 1 saturated heterocycles. The molecule has 0 atom stereocenters. The minimum atomic E-state index is 0.426. The van der Waals surface area contributed by atoms with Gasteiger partial charge in [-0.1, -0.05) is 26.8 Å². The summed E-state index contributed by atoms with van der Waals surface area (Å²) in [7, 11) is 0. The highest BCUT2D eigenvalue weighted by molar-refractivity contribution is 5.45. The molecule has 1 aromatic heterocycles. The Balaban J connectivity index is 2.00. The van der Waals surface area contributed by atoms with Crippen LogP contribution in [0.5, 0.6) is 0 Å². The average Bonchev–Trinajstić information content (AvgIpc) is 2.28. The lowest BCUT2D eigenvalue weighted by Gasteiger charge is -2.39. The first-order valence-corrected chi connectivity index (χ1v) is 6.44. The van der Waals surface area contributed by atoms with E-state index < -0.39 is 0 Å². The predicted molar refractivity (Wildman–Crippen MR) is 73.0 cm³/mol. The number of nitrogens with zero attached hydrogens (tertiary/aromatic N) is 2. The summed E-state index contributed by atoms with van der Waals surface area (Å²) >= 11 is 0. The molecule has 0 radical (unpaired) electrons. The zero-order valence-electron chi connectivity index (χ0n) is 11.1. The molecule has 0 spiro atoms. The van der Waals surface area contributed by atoms with Crippen molar-refractivity contribution >= 4 is 11.6 Å². The zero-order chi connectivity index (χ0) is 12.5. The van der Waals surface area contributed by atoms with Crippen LogP contribution in [0.2, 0.25) is 0 Å². The molecule has 1 aromatic rings. The molecule has 94 valence electrons. The molecule has 0 bridgehead atoms. The van der Waals surface area contributed by atoms with Crippen LogP contribution in [0.3, 0.4) is 0 Å². The lowest BCUT2D eigenvalue weighted by atomic mass is 9.75. The highest BCUT2D eigenvalue weighted by Gasteiger charge is 2.29. The van der Waals surface area contributed by atoms with Crippen LogP contribution in [-0.2, 0) is 0 Å². The highest BCUT2D eigenvalue weighted by atomic mass is 15.2. The first-order valence-electron chi connectivity index (χ1n) is 6.44. The van der Waals surface area contributed by atoms with Crippen LogP contribution < -0.4 is 10.6 Å². The molecular weight excluding hydrogens is 210 g/mol. The van der Waals surface area contributed by atoms with Crippen molar-refractivity contribution in [2.75, 3.05) is 23.7 Å². The Bertz CT molecular complexity index is 373. The molecule has 0 aliphatic carbocycles. The molecule has 2 heterocycles. The number of piperidine rings is 1. The van der Waals surface area contributed by atoms with Crippen molar-refractivity contribution in [2.24, 2.45) is 11.3 Å². The first-order chi connectivity index (χ1) is 7.97. The van der Waals surface area contributed by atoms with Crippen molar-refractivity contribution in [3.8, 4) is 0 Å². The van der Waals surface area contributed by atoms with E-state index in [2.05, 4.69) is 30.7 Å². The molecule has 0 amide bonds. The van der Waals surface area contributed by atoms with E-state index in [1.165, 1.54) is 12.8 Å². The number of pyridine rings is 1. The monoisotopic (exact) mass is 233 g/mol. The topological polar surface area (TPSA) is 42.1 Å². The molecule has 0 unspecified atom stereocenters. The van der Waals surface area contributed by atoms with Crippen LogP contribution in [0.1, 0.15) is 33.6 Å². The van der Waals surface area contributed by atoms with Gasteiger partial charge in [0.05, 0.1) is 0 Å². The van der Waals surface area contributed by atoms with Crippen LogP contribution in [0.25, 0.3) is 0 Å². The first kappa shape index (κ1) is 12.2. The summed E-state index contributed by atoms with van der Waals surface area (Å²) in [5, 5.41) is 0. The van der Waals surface area contributed by atoms with Gasteiger partial charge in [0.25, 0.3) is 0 Å². The molecule has 1 aliphatic rings. The van der Waals surface area contributed by atoms with Crippen LogP contribution in [0.15, 0.2) is 18.2 Å². The van der Waals surface area contributed by atoms with E-state index in [9.17, 15) is 0 Å². The minimum Gasteiger partial charge on any atom is -0.384 e. The minimum absolute atomic E-state index is 0.426. The van der Waals surface area contributed by atoms with Crippen molar-refractivity contribution in [1.29, 1.82) is 0 Å². The van der Waals surface area contributed by atoms with Crippen molar-refractivity contribution in [2.45, 2.75) is 33.6 Å². The summed E-state index contributed by atoms with van der Waals surface area (Å²) in [6, 6.07) is 5.87. The van der Waals surface area contributed by atoms with Gasteiger partial charge in [0, 0.05) is 13.1 Å². The predicted octanol–water partition coefficient (Wildman–Crippen LogP) is 2.93. The van der Waals surface area contributed by atoms with Crippen molar-refractivity contribution in [1.82, 2.24) is 4.98 Å². The van der Waals surface area contributed by atoms with Gasteiger partial charge in [-0.25, -0.2) is 4.98 Å². The summed E-state index contributed by atoms with van der Waals surface area (Å²) in [4.78, 5) is 6.73. The Morgan fingerprint density at radius 3 is 2.41 bits per heavy atom. The summed E-state index contributed by atoms with van der Waals surface area (Å²) in [5.41, 5.74) is 6.15. The quantitative estimate of drug-likeness (QED) is 0.811.